The van der Waals surface area contributed by atoms with Crippen LogP contribution < -0.4 is 0 Å². The molecule has 1 saturated heterocycles. The number of aliphatic hydroxyl groups is 1. The van der Waals surface area contributed by atoms with Gasteiger partial charge in [0.1, 0.15) is 5.78 Å². The van der Waals surface area contributed by atoms with Crippen LogP contribution in [0.3, 0.4) is 0 Å². The Hall–Kier alpha value is -0.410. The van der Waals surface area contributed by atoms with Crippen molar-refractivity contribution in [3.63, 3.8) is 0 Å². The molecule has 0 saturated carbocycles. The summed E-state index contributed by atoms with van der Waals surface area (Å²) in [7, 11) is 0. The molecule has 1 fully saturated rings. The van der Waals surface area contributed by atoms with Crippen LogP contribution in [0.1, 0.15) is 48.0 Å². The highest BCUT2D eigenvalue weighted by Gasteiger charge is 2.49. The van der Waals surface area contributed by atoms with Gasteiger partial charge in [-0.05, 0) is 27.7 Å². The van der Waals surface area contributed by atoms with Gasteiger partial charge >= 0.3 is 0 Å². The van der Waals surface area contributed by atoms with Gasteiger partial charge < -0.3 is 9.84 Å². The minimum atomic E-state index is -1.14. The zero-order valence-electron chi connectivity index (χ0n) is 10.0. The van der Waals surface area contributed by atoms with Crippen molar-refractivity contribution in [2.75, 3.05) is 0 Å². The molecular weight excluding hydrogens is 180 g/mol. The molecule has 0 aliphatic carbocycles. The fourth-order valence-corrected chi connectivity index (χ4v) is 1.94. The van der Waals surface area contributed by atoms with Gasteiger partial charge in [-0.15, -0.1) is 0 Å². The Morgan fingerprint density at radius 3 is 1.93 bits per heavy atom. The highest BCUT2D eigenvalue weighted by molar-refractivity contribution is 5.79. The molecule has 0 aromatic carbocycles. The van der Waals surface area contributed by atoms with Crippen molar-refractivity contribution in [2.24, 2.45) is 5.92 Å². The molecule has 1 N–H and O–H groups in total. The third-order valence-electron chi connectivity index (χ3n) is 2.40. The van der Waals surface area contributed by atoms with E-state index in [1.54, 1.807) is 6.92 Å². The van der Waals surface area contributed by atoms with Gasteiger partial charge in [0, 0.05) is 6.42 Å². The molecule has 0 radical (unpaired) electrons. The molecule has 1 aliphatic heterocycles. The summed E-state index contributed by atoms with van der Waals surface area (Å²) in [5.74, 6) is -1.25. The van der Waals surface area contributed by atoms with Crippen LogP contribution in [0, 0.1) is 5.92 Å². The van der Waals surface area contributed by atoms with E-state index in [1.807, 2.05) is 27.7 Å². The van der Waals surface area contributed by atoms with E-state index >= 15 is 0 Å². The molecule has 84 valence electrons. The molecule has 0 amide bonds. The summed E-state index contributed by atoms with van der Waals surface area (Å²) < 4.78 is 5.34. The first-order chi connectivity index (χ1) is 6.25. The van der Waals surface area contributed by atoms with E-state index in [1.165, 1.54) is 6.92 Å². The molecule has 1 rings (SSSR count). The minimum absolute atomic E-state index is 0.0813. The molecule has 3 nitrogen and oxygen atoms in total. The fourth-order valence-electron chi connectivity index (χ4n) is 1.94. The fraction of sp³-hybridized carbons (Fsp3) is 0.909. The van der Waals surface area contributed by atoms with E-state index in [4.69, 9.17) is 4.74 Å². The van der Waals surface area contributed by atoms with Crippen molar-refractivity contribution in [1.29, 1.82) is 0 Å². The number of carbonyl (C=O) groups excluding carboxylic acids is 1. The van der Waals surface area contributed by atoms with E-state index < -0.39 is 11.4 Å². The second-order valence-electron chi connectivity index (χ2n) is 4.25. The van der Waals surface area contributed by atoms with Gasteiger partial charge in [0.25, 0.3) is 0 Å². The summed E-state index contributed by atoms with van der Waals surface area (Å²) in [6.45, 7) is 10.8. The lowest BCUT2D eigenvalue weighted by Gasteiger charge is -2.24. The number of ketones is 1. The number of hydrogen-bond acceptors (Lipinski definition) is 3. The van der Waals surface area contributed by atoms with Crippen LogP contribution in [0.4, 0.5) is 0 Å². The van der Waals surface area contributed by atoms with Crippen molar-refractivity contribution in [1.82, 2.24) is 0 Å². The maximum atomic E-state index is 11.2. The van der Waals surface area contributed by atoms with E-state index in [0.29, 0.717) is 6.42 Å². The summed E-state index contributed by atoms with van der Waals surface area (Å²) in [5.41, 5.74) is -0.532. The van der Waals surface area contributed by atoms with Gasteiger partial charge in [-0.3, -0.25) is 4.79 Å². The van der Waals surface area contributed by atoms with E-state index in [2.05, 4.69) is 0 Å². The van der Waals surface area contributed by atoms with Gasteiger partial charge in [0.05, 0.1) is 11.5 Å². The van der Waals surface area contributed by atoms with Gasteiger partial charge in [-0.25, -0.2) is 0 Å². The third-order valence-corrected chi connectivity index (χ3v) is 2.40. The predicted octanol–water partition coefficient (Wildman–Crippen LogP) is 2.13. The monoisotopic (exact) mass is 202 g/mol. The van der Waals surface area contributed by atoms with Crippen molar-refractivity contribution in [3.05, 3.63) is 0 Å². The highest BCUT2D eigenvalue weighted by Crippen LogP contribution is 2.40. The topological polar surface area (TPSA) is 46.5 Å². The summed E-state index contributed by atoms with van der Waals surface area (Å²) in [5, 5.41) is 9.57. The highest BCUT2D eigenvalue weighted by atomic mass is 16.6. The molecule has 0 aromatic rings. The van der Waals surface area contributed by atoms with Crippen LogP contribution >= 0.6 is 0 Å². The lowest BCUT2D eigenvalue weighted by Crippen LogP contribution is -2.33. The smallest absolute Gasteiger partial charge is 0.164 e. The first kappa shape index (κ1) is 13.6. The van der Waals surface area contributed by atoms with Crippen molar-refractivity contribution in [2.45, 2.75) is 59.4 Å². The molecule has 0 spiro atoms. The lowest BCUT2D eigenvalue weighted by atomic mass is 9.86. The number of ether oxygens (including phenoxy) is 1. The van der Waals surface area contributed by atoms with Crippen LogP contribution in [-0.2, 0) is 9.53 Å². The average Bonchev–Trinajstić information content (AvgIpc) is 2.23. The van der Waals surface area contributed by atoms with Crippen LogP contribution in [-0.4, -0.2) is 22.3 Å². The van der Waals surface area contributed by atoms with Crippen LogP contribution in [0.25, 0.3) is 0 Å². The van der Waals surface area contributed by atoms with Gasteiger partial charge in [0.15, 0.2) is 5.79 Å². The molecule has 0 bridgehead atoms. The first-order valence-corrected chi connectivity index (χ1v) is 5.18. The predicted molar refractivity (Wildman–Crippen MR) is 55.9 cm³/mol. The molecule has 14 heavy (non-hydrogen) atoms. The lowest BCUT2D eigenvalue weighted by molar-refractivity contribution is -0.203. The maximum absolute atomic E-state index is 11.2. The molecule has 2 atom stereocenters. The normalized spacial score (nSPS) is 34.6. The van der Waals surface area contributed by atoms with Crippen LogP contribution in [0.5, 0.6) is 0 Å². The van der Waals surface area contributed by atoms with Crippen molar-refractivity contribution >= 4 is 5.78 Å². The quantitative estimate of drug-likeness (QED) is 0.708. The molecule has 3 heteroatoms. The summed E-state index contributed by atoms with van der Waals surface area (Å²) in [4.78, 5) is 11.2. The second-order valence-corrected chi connectivity index (χ2v) is 4.25. The zero-order valence-corrected chi connectivity index (χ0v) is 10.0. The summed E-state index contributed by atoms with van der Waals surface area (Å²) in [6.07, 6.45) is 0.398. The van der Waals surface area contributed by atoms with E-state index in [-0.39, 0.29) is 11.7 Å². The first-order valence-electron chi connectivity index (χ1n) is 5.18. The standard InChI is InChI=1S/C9H16O3.C2H6/c1-6(10)7-5-9(4,11)12-8(7,2)3;1-2/h7,11H,5H2,1-4H3;1-2H3. The maximum Gasteiger partial charge on any atom is 0.164 e. The number of carbonyl (C=O) groups is 1. The SMILES string of the molecule is CC.CC(=O)C1CC(C)(O)OC1(C)C. The Labute approximate surface area is 86.5 Å². The summed E-state index contributed by atoms with van der Waals surface area (Å²) in [6, 6.07) is 0. The zero-order chi connectivity index (χ0) is 11.6. The molecule has 1 aliphatic rings. The van der Waals surface area contributed by atoms with Crippen LogP contribution in [0.15, 0.2) is 0 Å². The molecule has 0 aromatic heterocycles. The molecular formula is C11H22O3. The Kier molecular flexibility index (Phi) is 4.28. The van der Waals surface area contributed by atoms with Gasteiger partial charge in [-0.2, -0.15) is 0 Å². The summed E-state index contributed by atoms with van der Waals surface area (Å²) >= 11 is 0. The number of Topliss-reactive ketones (excluding diaryl/α,β-unsaturated/α-hetero) is 1. The van der Waals surface area contributed by atoms with Crippen LogP contribution in [0.2, 0.25) is 0 Å². The number of hydrogen-bond donors (Lipinski definition) is 1. The number of rotatable bonds is 1. The van der Waals surface area contributed by atoms with Gasteiger partial charge in [0.2, 0.25) is 0 Å². The van der Waals surface area contributed by atoms with E-state index in [9.17, 15) is 9.90 Å². The second kappa shape index (κ2) is 4.41. The van der Waals surface area contributed by atoms with Gasteiger partial charge in [-0.1, -0.05) is 13.8 Å². The van der Waals surface area contributed by atoms with E-state index in [0.717, 1.165) is 0 Å². The molecule has 2 unspecified atom stereocenters. The Morgan fingerprint density at radius 1 is 1.36 bits per heavy atom. The Bertz CT molecular complexity index is 207. The Balaban J connectivity index is 0.000000791. The molecule has 1 heterocycles. The average molecular weight is 202 g/mol. The van der Waals surface area contributed by atoms with Crippen molar-refractivity contribution < 1.29 is 14.6 Å². The minimum Gasteiger partial charge on any atom is -0.366 e. The third kappa shape index (κ3) is 3.07. The van der Waals surface area contributed by atoms with Crippen molar-refractivity contribution in [3.8, 4) is 0 Å². The Morgan fingerprint density at radius 2 is 1.79 bits per heavy atom. The largest absolute Gasteiger partial charge is 0.366 e.